The monoisotopic (exact) mass is 706 g/mol. The van der Waals surface area contributed by atoms with Crippen LogP contribution in [0.4, 0.5) is 5.82 Å². The second kappa shape index (κ2) is 17.8. The Morgan fingerprint density at radius 1 is 0.750 bits per heavy atom. The summed E-state index contributed by atoms with van der Waals surface area (Å²) in [6.45, 7) is 19.0. The minimum atomic E-state index is 0.297. The van der Waals surface area contributed by atoms with Crippen molar-refractivity contribution in [3.63, 3.8) is 0 Å². The lowest BCUT2D eigenvalue weighted by Gasteiger charge is -2.36. The molecule has 1 amide bonds. The molecule has 10 nitrogen and oxygen atoms in total. The van der Waals surface area contributed by atoms with Crippen molar-refractivity contribution in [3.05, 3.63) is 71.9 Å². The highest BCUT2D eigenvalue weighted by molar-refractivity contribution is 5.83. The molecular weight excluding hydrogens is 649 g/mol. The van der Waals surface area contributed by atoms with Gasteiger partial charge in [0.2, 0.25) is 5.91 Å². The number of anilines is 1. The molecular formula is C42H58N8O2. The van der Waals surface area contributed by atoms with Crippen LogP contribution in [-0.4, -0.2) is 138 Å². The molecule has 4 aromatic rings. The summed E-state index contributed by atoms with van der Waals surface area (Å²) in [6, 6.07) is 21.5. The highest BCUT2D eigenvalue weighted by Crippen LogP contribution is 2.33. The zero-order valence-corrected chi connectivity index (χ0v) is 31.5. The van der Waals surface area contributed by atoms with Gasteiger partial charge < -0.3 is 19.4 Å². The molecule has 278 valence electrons. The van der Waals surface area contributed by atoms with Crippen LogP contribution in [0.1, 0.15) is 50.3 Å². The van der Waals surface area contributed by atoms with Crippen molar-refractivity contribution in [2.45, 2.75) is 52.4 Å². The predicted octanol–water partition coefficient (Wildman–Crippen LogP) is 5.48. The number of likely N-dealkylation sites (tertiary alicyclic amines) is 1. The molecule has 5 heterocycles. The van der Waals surface area contributed by atoms with Gasteiger partial charge in [-0.15, -0.1) is 0 Å². The normalized spacial score (nSPS) is 18.0. The van der Waals surface area contributed by atoms with Gasteiger partial charge in [0.25, 0.3) is 0 Å². The number of ether oxygens (including phenoxy) is 1. The van der Waals surface area contributed by atoms with Gasteiger partial charge >= 0.3 is 0 Å². The van der Waals surface area contributed by atoms with Crippen molar-refractivity contribution in [2.24, 2.45) is 0 Å². The number of aryl methyl sites for hydroxylation is 2. The maximum atomic E-state index is 13.2. The van der Waals surface area contributed by atoms with Gasteiger partial charge in [0.05, 0.1) is 18.0 Å². The first-order chi connectivity index (χ1) is 25.6. The molecule has 0 unspecified atom stereocenters. The molecule has 0 aliphatic carbocycles. The molecule has 7 rings (SSSR count). The first kappa shape index (κ1) is 36.5. The molecule has 2 aromatic carbocycles. The van der Waals surface area contributed by atoms with Crippen LogP contribution < -0.4 is 4.90 Å². The molecule has 3 aliphatic rings. The van der Waals surface area contributed by atoms with Gasteiger partial charge in [-0.25, -0.2) is 4.98 Å². The van der Waals surface area contributed by atoms with E-state index in [2.05, 4.69) is 104 Å². The van der Waals surface area contributed by atoms with E-state index in [9.17, 15) is 4.79 Å². The summed E-state index contributed by atoms with van der Waals surface area (Å²) in [5.74, 6) is 1.38. The topological polar surface area (TPSA) is 72.7 Å². The Bertz CT molecular complexity index is 1740. The smallest absolute Gasteiger partial charge is 0.222 e. The number of piperidine rings is 1. The fourth-order valence-corrected chi connectivity index (χ4v) is 8.14. The van der Waals surface area contributed by atoms with E-state index < -0.39 is 0 Å². The van der Waals surface area contributed by atoms with E-state index >= 15 is 0 Å². The Kier molecular flexibility index (Phi) is 12.5. The average molecular weight is 707 g/mol. The van der Waals surface area contributed by atoms with Crippen LogP contribution in [0.15, 0.2) is 60.7 Å². The maximum Gasteiger partial charge on any atom is 0.222 e. The highest BCUT2D eigenvalue weighted by atomic mass is 16.5. The van der Waals surface area contributed by atoms with Gasteiger partial charge in [0.15, 0.2) is 5.65 Å². The van der Waals surface area contributed by atoms with E-state index in [1.807, 2.05) is 0 Å². The van der Waals surface area contributed by atoms with E-state index in [-0.39, 0.29) is 0 Å². The summed E-state index contributed by atoms with van der Waals surface area (Å²) in [4.78, 5) is 30.7. The molecule has 0 radical (unpaired) electrons. The third-order valence-corrected chi connectivity index (χ3v) is 11.2. The molecule has 0 bridgehead atoms. The van der Waals surface area contributed by atoms with Crippen molar-refractivity contribution in [1.82, 2.24) is 34.2 Å². The van der Waals surface area contributed by atoms with E-state index in [0.29, 0.717) is 12.3 Å². The number of hydrogen-bond donors (Lipinski definition) is 0. The maximum absolute atomic E-state index is 13.2. The Hall–Kier alpha value is -3.83. The number of nitrogens with zero attached hydrogens (tertiary/aromatic N) is 8. The van der Waals surface area contributed by atoms with Crippen molar-refractivity contribution >= 4 is 17.4 Å². The number of hydrogen-bond acceptors (Lipinski definition) is 8. The molecule has 2 aromatic heterocycles. The van der Waals surface area contributed by atoms with E-state index in [0.717, 1.165) is 131 Å². The number of piperazine rings is 2. The van der Waals surface area contributed by atoms with Crippen LogP contribution in [0.25, 0.3) is 28.0 Å². The van der Waals surface area contributed by atoms with Gasteiger partial charge in [0.1, 0.15) is 5.82 Å². The van der Waals surface area contributed by atoms with Gasteiger partial charge in [0, 0.05) is 102 Å². The summed E-state index contributed by atoms with van der Waals surface area (Å²) < 4.78 is 7.69. The second-order valence-electron chi connectivity index (χ2n) is 14.8. The fourth-order valence-electron chi connectivity index (χ4n) is 8.14. The van der Waals surface area contributed by atoms with Crippen LogP contribution in [0.5, 0.6) is 0 Å². The van der Waals surface area contributed by atoms with Crippen LogP contribution in [-0.2, 0) is 16.0 Å². The molecule has 10 heteroatoms. The lowest BCUT2D eigenvalue weighted by Crippen LogP contribution is -2.50. The minimum Gasteiger partial charge on any atom is -0.380 e. The Balaban J connectivity index is 1.01. The van der Waals surface area contributed by atoms with Crippen molar-refractivity contribution in [2.75, 3.05) is 103 Å². The largest absolute Gasteiger partial charge is 0.380 e. The molecule has 0 spiro atoms. The summed E-state index contributed by atoms with van der Waals surface area (Å²) in [6.07, 6.45) is 6.38. The molecule has 3 saturated heterocycles. The Morgan fingerprint density at radius 3 is 2.19 bits per heavy atom. The van der Waals surface area contributed by atoms with Gasteiger partial charge in [-0.2, -0.15) is 9.61 Å². The third kappa shape index (κ3) is 9.02. The Labute approximate surface area is 310 Å². The van der Waals surface area contributed by atoms with Crippen LogP contribution in [0, 0.1) is 6.92 Å². The number of fused-ring (bicyclic) bond motifs is 1. The highest BCUT2D eigenvalue weighted by Gasteiger charge is 2.25. The number of carbonyl (C=O) groups excluding carboxylic acids is 1. The first-order valence-electron chi connectivity index (χ1n) is 19.9. The lowest BCUT2D eigenvalue weighted by atomic mass is 10.0. The third-order valence-electron chi connectivity index (χ3n) is 11.2. The second-order valence-corrected chi connectivity index (χ2v) is 14.8. The molecule has 0 N–H and O–H groups in total. The number of aromatic nitrogens is 3. The quantitative estimate of drug-likeness (QED) is 0.160. The predicted molar refractivity (Wildman–Crippen MR) is 210 cm³/mol. The summed E-state index contributed by atoms with van der Waals surface area (Å²) >= 11 is 0. The van der Waals surface area contributed by atoms with E-state index in [1.165, 1.54) is 44.5 Å². The van der Waals surface area contributed by atoms with E-state index in [4.69, 9.17) is 14.8 Å². The van der Waals surface area contributed by atoms with Gasteiger partial charge in [-0.3, -0.25) is 14.6 Å². The molecule has 0 saturated carbocycles. The fraction of sp³-hybridized carbons (Fsp3) is 0.548. The number of amides is 1. The van der Waals surface area contributed by atoms with Crippen molar-refractivity contribution < 1.29 is 9.53 Å². The summed E-state index contributed by atoms with van der Waals surface area (Å²) in [5.41, 5.74) is 7.37. The van der Waals surface area contributed by atoms with Crippen LogP contribution in [0.3, 0.4) is 0 Å². The SMILES string of the molecule is CCOCCN1CCN(c2cc(-c3cccc(CCCC(=O)N4CCN(CCN5CCCCC5)CC4)c3)nc3c(-c4ccccc4)c(C)nn23)CC1. The standard InChI is InChI=1S/C42H58N8O2/c1-3-52-31-30-47-22-26-48(27-23-47)39-33-38(43-42-41(34(2)44-50(39)42)36-14-6-4-7-15-36)37-16-10-12-35(32-37)13-11-17-40(51)49-28-24-46(25-29-49)21-20-45-18-8-5-9-19-45/h4,6-7,10,12,14-16,32-33H,3,5,8-9,11,13,17-31H2,1-2H3. The zero-order valence-electron chi connectivity index (χ0n) is 31.5. The van der Waals surface area contributed by atoms with Gasteiger partial charge in [-0.05, 0) is 69.8 Å². The molecule has 0 atom stereocenters. The summed E-state index contributed by atoms with van der Waals surface area (Å²) in [7, 11) is 0. The Morgan fingerprint density at radius 2 is 1.44 bits per heavy atom. The number of benzene rings is 2. The number of carbonyl (C=O) groups is 1. The van der Waals surface area contributed by atoms with Crippen LogP contribution in [0.2, 0.25) is 0 Å². The zero-order chi connectivity index (χ0) is 35.7. The van der Waals surface area contributed by atoms with Crippen molar-refractivity contribution in [3.8, 4) is 22.4 Å². The average Bonchev–Trinajstić information content (AvgIpc) is 3.53. The first-order valence-corrected chi connectivity index (χ1v) is 19.9. The number of rotatable bonds is 14. The van der Waals surface area contributed by atoms with Crippen LogP contribution >= 0.6 is 0 Å². The van der Waals surface area contributed by atoms with E-state index in [1.54, 1.807) is 0 Å². The molecule has 3 fully saturated rings. The summed E-state index contributed by atoms with van der Waals surface area (Å²) in [5, 5.41) is 5.06. The lowest BCUT2D eigenvalue weighted by molar-refractivity contribution is -0.133. The molecule has 52 heavy (non-hydrogen) atoms. The van der Waals surface area contributed by atoms with Crippen molar-refractivity contribution in [1.29, 1.82) is 0 Å². The minimum absolute atomic E-state index is 0.297. The van der Waals surface area contributed by atoms with Gasteiger partial charge in [-0.1, -0.05) is 55.0 Å². The molecule has 3 aliphatic heterocycles.